The molecule has 0 aliphatic carbocycles. The molecule has 0 unspecified atom stereocenters. The van der Waals surface area contributed by atoms with Gasteiger partial charge in [0.2, 0.25) is 0 Å². The molecule has 21 heavy (non-hydrogen) atoms. The second-order valence-corrected chi connectivity index (χ2v) is 7.98. The van der Waals surface area contributed by atoms with Gasteiger partial charge in [-0.3, -0.25) is 0 Å². The molecule has 1 fully saturated rings. The predicted octanol–water partition coefficient (Wildman–Crippen LogP) is 3.34. The minimum atomic E-state index is -4.78. The molecule has 1 heterocycles. The van der Waals surface area contributed by atoms with Crippen LogP contribution < -0.4 is 10.1 Å². The molecule has 9 heteroatoms. The van der Waals surface area contributed by atoms with Crippen LogP contribution in [0.5, 0.6) is 5.75 Å². The lowest BCUT2D eigenvalue weighted by Gasteiger charge is -2.25. The van der Waals surface area contributed by atoms with E-state index in [1.54, 1.807) is 6.07 Å². The number of anilines is 1. The second kappa shape index (κ2) is 6.04. The standard InChI is InChI=1S/C12H13BrF3NO3S/c13-8-1-2-10(11(7-8)20-12(14,15)16)17-9-3-5-21(18,19)6-4-9/h1-2,7,9,17H,3-6H2. The molecule has 0 saturated carbocycles. The Kier molecular flexibility index (Phi) is 4.72. The van der Waals surface area contributed by atoms with Gasteiger partial charge in [0.15, 0.2) is 5.75 Å². The topological polar surface area (TPSA) is 55.4 Å². The van der Waals surface area contributed by atoms with E-state index in [1.807, 2.05) is 0 Å². The van der Waals surface area contributed by atoms with Crippen molar-refractivity contribution in [1.82, 2.24) is 0 Å². The van der Waals surface area contributed by atoms with E-state index >= 15 is 0 Å². The van der Waals surface area contributed by atoms with Crippen molar-refractivity contribution < 1.29 is 26.3 Å². The third-order valence-electron chi connectivity index (χ3n) is 3.08. The Labute approximate surface area is 128 Å². The summed E-state index contributed by atoms with van der Waals surface area (Å²) in [5.41, 5.74) is 0.194. The maximum absolute atomic E-state index is 12.4. The zero-order chi connectivity index (χ0) is 15.7. The van der Waals surface area contributed by atoms with E-state index < -0.39 is 16.2 Å². The van der Waals surface area contributed by atoms with Crippen LogP contribution in [0.3, 0.4) is 0 Å². The van der Waals surface area contributed by atoms with Crippen molar-refractivity contribution in [2.45, 2.75) is 25.2 Å². The highest BCUT2D eigenvalue weighted by Gasteiger charge is 2.33. The fraction of sp³-hybridized carbons (Fsp3) is 0.500. The molecule has 0 aromatic heterocycles. The van der Waals surface area contributed by atoms with Crippen molar-refractivity contribution in [1.29, 1.82) is 0 Å². The third kappa shape index (κ3) is 5.06. The van der Waals surface area contributed by atoms with Gasteiger partial charge >= 0.3 is 6.36 Å². The SMILES string of the molecule is O=S1(=O)CCC(Nc2ccc(Br)cc2OC(F)(F)F)CC1. The van der Waals surface area contributed by atoms with E-state index in [9.17, 15) is 21.6 Å². The maximum Gasteiger partial charge on any atom is 0.573 e. The number of benzene rings is 1. The lowest BCUT2D eigenvalue weighted by Crippen LogP contribution is -2.32. The zero-order valence-electron chi connectivity index (χ0n) is 10.8. The molecule has 0 amide bonds. The number of hydrogen-bond donors (Lipinski definition) is 1. The van der Waals surface area contributed by atoms with Crippen LogP contribution in [-0.2, 0) is 9.84 Å². The molecule has 1 aliphatic rings. The lowest BCUT2D eigenvalue weighted by atomic mass is 10.1. The van der Waals surface area contributed by atoms with E-state index in [-0.39, 0.29) is 29.0 Å². The van der Waals surface area contributed by atoms with Crippen molar-refractivity contribution in [2.24, 2.45) is 0 Å². The molecule has 0 atom stereocenters. The van der Waals surface area contributed by atoms with E-state index in [2.05, 4.69) is 26.0 Å². The Morgan fingerprint density at radius 1 is 1.24 bits per heavy atom. The molecule has 1 saturated heterocycles. The molecule has 4 nitrogen and oxygen atoms in total. The molecular formula is C12H13BrF3NO3S. The molecule has 2 rings (SSSR count). The summed E-state index contributed by atoms with van der Waals surface area (Å²) >= 11 is 3.09. The Hall–Kier alpha value is -0.960. The van der Waals surface area contributed by atoms with Gasteiger partial charge in [-0.05, 0) is 31.0 Å². The lowest BCUT2D eigenvalue weighted by molar-refractivity contribution is -0.274. The van der Waals surface area contributed by atoms with Crippen LogP contribution in [0, 0.1) is 0 Å². The third-order valence-corrected chi connectivity index (χ3v) is 5.29. The summed E-state index contributed by atoms with van der Waals surface area (Å²) in [4.78, 5) is 0. The summed E-state index contributed by atoms with van der Waals surface area (Å²) in [5, 5.41) is 2.93. The Balaban J connectivity index is 2.13. The van der Waals surface area contributed by atoms with Gasteiger partial charge in [0.05, 0.1) is 17.2 Å². The van der Waals surface area contributed by atoms with Gasteiger partial charge in [0, 0.05) is 10.5 Å². The Morgan fingerprint density at radius 2 is 1.86 bits per heavy atom. The van der Waals surface area contributed by atoms with Crippen LogP contribution in [0.2, 0.25) is 0 Å². The molecule has 0 spiro atoms. The summed E-state index contributed by atoms with van der Waals surface area (Å²) in [6, 6.07) is 4.08. The number of rotatable bonds is 3. The maximum atomic E-state index is 12.4. The summed E-state index contributed by atoms with van der Waals surface area (Å²) in [6.45, 7) is 0. The molecular weight excluding hydrogens is 375 g/mol. The highest BCUT2D eigenvalue weighted by Crippen LogP contribution is 2.34. The summed E-state index contributed by atoms with van der Waals surface area (Å²) < 4.78 is 64.3. The smallest absolute Gasteiger partial charge is 0.404 e. The van der Waals surface area contributed by atoms with E-state index in [4.69, 9.17) is 0 Å². The van der Waals surface area contributed by atoms with E-state index in [0.29, 0.717) is 17.3 Å². The molecule has 0 radical (unpaired) electrons. The van der Waals surface area contributed by atoms with E-state index in [0.717, 1.165) is 0 Å². The summed E-state index contributed by atoms with van der Waals surface area (Å²) in [7, 11) is -3.01. The van der Waals surface area contributed by atoms with Gasteiger partial charge in [0.25, 0.3) is 0 Å². The van der Waals surface area contributed by atoms with Crippen LogP contribution in [-0.4, -0.2) is 32.3 Å². The first kappa shape index (κ1) is 16.4. The van der Waals surface area contributed by atoms with Gasteiger partial charge in [-0.15, -0.1) is 13.2 Å². The molecule has 0 bridgehead atoms. The van der Waals surface area contributed by atoms with Crippen molar-refractivity contribution >= 4 is 31.5 Å². The number of halogens is 4. The van der Waals surface area contributed by atoms with Gasteiger partial charge in [-0.2, -0.15) is 0 Å². The quantitative estimate of drug-likeness (QED) is 0.863. The molecule has 1 aromatic rings. The Bertz CT molecular complexity index is 605. The van der Waals surface area contributed by atoms with Gasteiger partial charge in [-0.25, -0.2) is 8.42 Å². The molecule has 1 aliphatic heterocycles. The van der Waals surface area contributed by atoms with Gasteiger partial charge in [0.1, 0.15) is 9.84 Å². The molecule has 1 N–H and O–H groups in total. The van der Waals surface area contributed by atoms with Crippen LogP contribution in [0.4, 0.5) is 18.9 Å². The van der Waals surface area contributed by atoms with Crippen molar-refractivity contribution in [3.05, 3.63) is 22.7 Å². The average Bonchev–Trinajstić information content (AvgIpc) is 2.33. The number of nitrogens with one attached hydrogen (secondary N) is 1. The molecule has 118 valence electrons. The number of alkyl halides is 3. The van der Waals surface area contributed by atoms with Crippen molar-refractivity contribution in [2.75, 3.05) is 16.8 Å². The van der Waals surface area contributed by atoms with Crippen LogP contribution >= 0.6 is 15.9 Å². The fourth-order valence-corrected chi connectivity index (χ4v) is 3.91. The highest BCUT2D eigenvalue weighted by molar-refractivity contribution is 9.10. The zero-order valence-corrected chi connectivity index (χ0v) is 13.2. The second-order valence-electron chi connectivity index (χ2n) is 4.76. The first-order valence-corrected chi connectivity index (χ1v) is 8.78. The average molecular weight is 388 g/mol. The fourth-order valence-electron chi connectivity index (χ4n) is 2.08. The highest BCUT2D eigenvalue weighted by atomic mass is 79.9. The monoisotopic (exact) mass is 387 g/mol. The summed E-state index contributed by atoms with van der Waals surface area (Å²) in [6.07, 6.45) is -4.05. The first-order valence-electron chi connectivity index (χ1n) is 6.17. The van der Waals surface area contributed by atoms with Crippen molar-refractivity contribution in [3.8, 4) is 5.75 Å². The van der Waals surface area contributed by atoms with Crippen LogP contribution in [0.1, 0.15) is 12.8 Å². The first-order chi connectivity index (χ1) is 9.65. The van der Waals surface area contributed by atoms with Crippen molar-refractivity contribution in [3.63, 3.8) is 0 Å². The van der Waals surface area contributed by atoms with Gasteiger partial charge < -0.3 is 10.1 Å². The number of sulfone groups is 1. The molecule has 1 aromatic carbocycles. The minimum absolute atomic E-state index is 0.0383. The van der Waals surface area contributed by atoms with E-state index in [1.165, 1.54) is 12.1 Å². The predicted molar refractivity (Wildman–Crippen MR) is 76.1 cm³/mol. The minimum Gasteiger partial charge on any atom is -0.404 e. The largest absolute Gasteiger partial charge is 0.573 e. The summed E-state index contributed by atoms with van der Waals surface area (Å²) in [5.74, 6) is -0.266. The van der Waals surface area contributed by atoms with Crippen LogP contribution in [0.15, 0.2) is 22.7 Å². The number of hydrogen-bond acceptors (Lipinski definition) is 4. The Morgan fingerprint density at radius 3 is 2.43 bits per heavy atom. The number of ether oxygens (including phenoxy) is 1. The normalized spacial score (nSPS) is 19.2. The van der Waals surface area contributed by atoms with Crippen LogP contribution in [0.25, 0.3) is 0 Å². The van der Waals surface area contributed by atoms with Gasteiger partial charge in [-0.1, -0.05) is 15.9 Å².